The Labute approximate surface area is 239 Å². The number of hydrogen-bond donors (Lipinski definition) is 1. The molecule has 8 heteroatoms. The number of carbonyl (C=O) groups excluding carboxylic acids is 1. The Hall–Kier alpha value is -1.94. The van der Waals surface area contributed by atoms with E-state index < -0.39 is 0 Å². The first-order valence-electron chi connectivity index (χ1n) is 14.4. The maximum Gasteiger partial charge on any atom is 0.259 e. The number of piperazine rings is 1. The summed E-state index contributed by atoms with van der Waals surface area (Å²) in [6.45, 7) is 12.4. The Morgan fingerprint density at radius 3 is 2.50 bits per heavy atom. The molecule has 1 saturated carbocycles. The van der Waals surface area contributed by atoms with Gasteiger partial charge in [-0.05, 0) is 68.6 Å². The predicted octanol–water partition coefficient (Wildman–Crippen LogP) is 6.08. The molecule has 0 bridgehead atoms. The van der Waals surface area contributed by atoms with Crippen molar-refractivity contribution >= 4 is 50.3 Å². The van der Waals surface area contributed by atoms with Crippen molar-refractivity contribution < 1.29 is 4.79 Å². The zero-order chi connectivity index (χ0) is 27.0. The van der Waals surface area contributed by atoms with Crippen LogP contribution >= 0.6 is 22.6 Å². The van der Waals surface area contributed by atoms with Crippen LogP contribution in [0.25, 0.3) is 21.8 Å². The second-order valence-corrected chi connectivity index (χ2v) is 13.2. The molecule has 1 unspecified atom stereocenters. The third kappa shape index (κ3) is 5.40. The molecule has 1 saturated heterocycles. The number of H-pyrrole nitrogens is 1. The number of amides is 1. The van der Waals surface area contributed by atoms with E-state index in [1.807, 2.05) is 28.6 Å². The zero-order valence-electron chi connectivity index (χ0n) is 23.4. The van der Waals surface area contributed by atoms with Gasteiger partial charge in [0.1, 0.15) is 0 Å². The third-order valence-electron chi connectivity index (χ3n) is 8.97. The van der Waals surface area contributed by atoms with Gasteiger partial charge >= 0.3 is 0 Å². The summed E-state index contributed by atoms with van der Waals surface area (Å²) in [6, 6.07) is 4.87. The number of aromatic nitrogens is 3. The molecular formula is C30H42IN5O2. The van der Waals surface area contributed by atoms with Crippen molar-refractivity contribution in [1.82, 2.24) is 24.6 Å². The fourth-order valence-corrected chi connectivity index (χ4v) is 7.28. The van der Waals surface area contributed by atoms with E-state index >= 15 is 0 Å². The summed E-state index contributed by atoms with van der Waals surface area (Å²) in [5, 5.41) is 6.19. The minimum absolute atomic E-state index is 0.0941. The topological polar surface area (TPSA) is 74.2 Å². The standard InChI is InChI=1S/C30H42IN5O2/c1-5-6-22(9-12-31)36-27-24-18-23(20(2)17-26(24)33-28(37)25(27)19-32-36)29(38)35-15-13-34(14-16-35)21-7-10-30(3,4)11-8-21/h17-19,21-22H,5-16H2,1-4H3,(H,33,37). The number of hydrogen-bond acceptors (Lipinski definition) is 4. The molecule has 2 fully saturated rings. The van der Waals surface area contributed by atoms with Crippen LogP contribution < -0.4 is 5.56 Å². The molecule has 1 aromatic carbocycles. The summed E-state index contributed by atoms with van der Waals surface area (Å²) < 4.78 is 3.07. The SMILES string of the molecule is CCCC(CCI)n1ncc2c(=O)[nH]c3cc(C)c(C(=O)N4CCN(C5CCC(C)(C)CC5)CC4)cc3c21. The number of nitrogens with zero attached hydrogens (tertiary/aromatic N) is 4. The molecule has 5 rings (SSSR count). The summed E-state index contributed by atoms with van der Waals surface area (Å²) in [4.78, 5) is 34.4. The lowest BCUT2D eigenvalue weighted by Gasteiger charge is -2.43. The molecule has 2 aliphatic rings. The lowest BCUT2D eigenvalue weighted by Crippen LogP contribution is -2.53. The third-order valence-corrected chi connectivity index (χ3v) is 9.60. The fourth-order valence-electron chi connectivity index (χ4n) is 6.56. The summed E-state index contributed by atoms with van der Waals surface area (Å²) >= 11 is 2.41. The van der Waals surface area contributed by atoms with Crippen LogP contribution in [0.2, 0.25) is 0 Å². The molecule has 206 valence electrons. The largest absolute Gasteiger partial charge is 0.336 e. The van der Waals surface area contributed by atoms with E-state index in [2.05, 4.69) is 58.3 Å². The van der Waals surface area contributed by atoms with Gasteiger partial charge in [0, 0.05) is 47.6 Å². The summed E-state index contributed by atoms with van der Waals surface area (Å²) in [5.74, 6) is 0.0941. The maximum absolute atomic E-state index is 13.8. The highest BCUT2D eigenvalue weighted by Gasteiger charge is 2.33. The minimum Gasteiger partial charge on any atom is -0.336 e. The van der Waals surface area contributed by atoms with Crippen molar-refractivity contribution in [2.45, 2.75) is 84.7 Å². The molecule has 0 spiro atoms. The molecule has 3 aromatic rings. The monoisotopic (exact) mass is 631 g/mol. The Balaban J connectivity index is 1.43. The first-order chi connectivity index (χ1) is 18.2. The number of halogens is 1. The number of aryl methyl sites for hydroxylation is 1. The lowest BCUT2D eigenvalue weighted by molar-refractivity contribution is 0.0444. The first-order valence-corrected chi connectivity index (χ1v) is 15.9. The van der Waals surface area contributed by atoms with E-state index in [4.69, 9.17) is 0 Å². The quantitative estimate of drug-likeness (QED) is 0.254. The number of nitrogens with one attached hydrogen (secondary N) is 1. The summed E-state index contributed by atoms with van der Waals surface area (Å²) in [7, 11) is 0. The fraction of sp³-hybridized carbons (Fsp3) is 0.633. The molecule has 1 atom stereocenters. The number of alkyl halides is 1. The second-order valence-electron chi connectivity index (χ2n) is 12.2. The van der Waals surface area contributed by atoms with Gasteiger partial charge in [0.2, 0.25) is 0 Å². The smallest absolute Gasteiger partial charge is 0.259 e. The van der Waals surface area contributed by atoms with Crippen LogP contribution in [-0.2, 0) is 0 Å². The van der Waals surface area contributed by atoms with Crippen molar-refractivity contribution in [2.24, 2.45) is 5.41 Å². The highest BCUT2D eigenvalue weighted by atomic mass is 127. The number of benzene rings is 1. The second kappa shape index (κ2) is 11.3. The maximum atomic E-state index is 13.8. The van der Waals surface area contributed by atoms with Crippen molar-refractivity contribution in [3.63, 3.8) is 0 Å². The highest BCUT2D eigenvalue weighted by Crippen LogP contribution is 2.37. The predicted molar refractivity (Wildman–Crippen MR) is 164 cm³/mol. The molecule has 3 heterocycles. The molecule has 38 heavy (non-hydrogen) atoms. The lowest BCUT2D eigenvalue weighted by atomic mass is 9.75. The van der Waals surface area contributed by atoms with Crippen LogP contribution in [0.5, 0.6) is 0 Å². The number of pyridine rings is 1. The molecule has 0 radical (unpaired) electrons. The van der Waals surface area contributed by atoms with Crippen molar-refractivity contribution in [1.29, 1.82) is 0 Å². The summed E-state index contributed by atoms with van der Waals surface area (Å²) in [6.07, 6.45) is 9.86. The van der Waals surface area contributed by atoms with E-state index in [1.54, 1.807) is 6.20 Å². The van der Waals surface area contributed by atoms with Crippen LogP contribution in [0.4, 0.5) is 0 Å². The van der Waals surface area contributed by atoms with E-state index in [0.29, 0.717) is 16.8 Å². The molecule has 1 amide bonds. The van der Waals surface area contributed by atoms with Crippen LogP contribution in [0.1, 0.15) is 87.7 Å². The average molecular weight is 632 g/mol. The number of fused-ring (bicyclic) bond motifs is 3. The van der Waals surface area contributed by atoms with Gasteiger partial charge in [0.05, 0.1) is 28.7 Å². The zero-order valence-corrected chi connectivity index (χ0v) is 25.5. The number of rotatable bonds is 7. The van der Waals surface area contributed by atoms with Crippen LogP contribution in [-0.4, -0.2) is 67.1 Å². The van der Waals surface area contributed by atoms with E-state index in [-0.39, 0.29) is 17.5 Å². The van der Waals surface area contributed by atoms with Crippen LogP contribution in [0.3, 0.4) is 0 Å². The van der Waals surface area contributed by atoms with Gasteiger partial charge in [-0.2, -0.15) is 5.10 Å². The van der Waals surface area contributed by atoms with Crippen LogP contribution in [0, 0.1) is 12.3 Å². The van der Waals surface area contributed by atoms with Gasteiger partial charge in [-0.1, -0.05) is 49.8 Å². The van der Waals surface area contributed by atoms with E-state index in [0.717, 1.165) is 77.4 Å². The van der Waals surface area contributed by atoms with Gasteiger partial charge in [-0.15, -0.1) is 0 Å². The van der Waals surface area contributed by atoms with Crippen molar-refractivity contribution in [2.75, 3.05) is 30.6 Å². The molecule has 7 nitrogen and oxygen atoms in total. The number of aromatic amines is 1. The number of carbonyl (C=O) groups is 1. The van der Waals surface area contributed by atoms with E-state index in [9.17, 15) is 9.59 Å². The van der Waals surface area contributed by atoms with E-state index in [1.165, 1.54) is 25.7 Å². The van der Waals surface area contributed by atoms with Gasteiger partial charge in [-0.3, -0.25) is 19.2 Å². The normalized spacial score (nSPS) is 19.9. The average Bonchev–Trinajstić information content (AvgIpc) is 3.34. The van der Waals surface area contributed by atoms with Crippen LogP contribution in [0.15, 0.2) is 23.1 Å². The Morgan fingerprint density at radius 1 is 1.13 bits per heavy atom. The van der Waals surface area contributed by atoms with Gasteiger partial charge in [0.25, 0.3) is 11.5 Å². The molecule has 1 aliphatic heterocycles. The van der Waals surface area contributed by atoms with Crippen molar-refractivity contribution in [3.05, 3.63) is 39.8 Å². The highest BCUT2D eigenvalue weighted by molar-refractivity contribution is 14.1. The van der Waals surface area contributed by atoms with Crippen molar-refractivity contribution in [3.8, 4) is 0 Å². The minimum atomic E-state index is -0.121. The Bertz CT molecular complexity index is 1350. The molecule has 2 aromatic heterocycles. The molecular weight excluding hydrogens is 589 g/mol. The molecule has 1 N–H and O–H groups in total. The molecule has 1 aliphatic carbocycles. The van der Waals surface area contributed by atoms with Gasteiger partial charge < -0.3 is 9.88 Å². The van der Waals surface area contributed by atoms with Gasteiger partial charge in [0.15, 0.2) is 0 Å². The Kier molecular flexibility index (Phi) is 8.20. The summed E-state index contributed by atoms with van der Waals surface area (Å²) in [5.41, 5.74) is 3.60. The Morgan fingerprint density at radius 2 is 1.84 bits per heavy atom. The first kappa shape index (κ1) is 27.6. The van der Waals surface area contributed by atoms with Gasteiger partial charge in [-0.25, -0.2) is 0 Å².